The number of rotatable bonds is 1. The van der Waals surface area contributed by atoms with Gasteiger partial charge in [0.2, 0.25) is 0 Å². The van der Waals surface area contributed by atoms with E-state index in [2.05, 4.69) is 15.0 Å². The number of ether oxygens (including phenoxy) is 1. The monoisotopic (exact) mass is 148 g/mol. The molecule has 1 amide bonds. The van der Waals surface area contributed by atoms with Crippen molar-refractivity contribution in [3.63, 3.8) is 0 Å². The molecule has 5 heteroatoms. The van der Waals surface area contributed by atoms with Crippen molar-refractivity contribution in [3.05, 3.63) is 11.7 Å². The Hall–Kier alpha value is -0.900. The normalized spacial score (nSPS) is 10.9. The van der Waals surface area contributed by atoms with E-state index in [-0.39, 0.29) is 0 Å². The maximum Gasteiger partial charge on any atom is 0.452 e. The summed E-state index contributed by atoms with van der Waals surface area (Å²) >= 11 is 5.04. The molecule has 0 saturated carbocycles. The number of hydrogen-bond donors (Lipinski definition) is 0. The zero-order chi connectivity index (χ0) is 7.11. The highest BCUT2D eigenvalue weighted by Crippen LogP contribution is 1.84. The fourth-order valence-corrected chi connectivity index (χ4v) is 0.197. The van der Waals surface area contributed by atoms with E-state index in [1.165, 1.54) is 13.3 Å². The van der Waals surface area contributed by atoms with Crippen molar-refractivity contribution in [2.24, 2.45) is 10.2 Å². The molecule has 0 radical (unpaired) electrons. The fraction of sp³-hybridized carbons (Fsp3) is 0.250. The second kappa shape index (κ2) is 5.24. The molecule has 0 heterocycles. The Morgan fingerprint density at radius 3 is 2.89 bits per heavy atom. The Balaban J connectivity index is 3.57. The molecule has 0 aromatic rings. The van der Waals surface area contributed by atoms with Crippen LogP contribution in [0, 0.1) is 0 Å². The predicted octanol–water partition coefficient (Wildman–Crippen LogP) is 1.92. The van der Waals surface area contributed by atoms with Gasteiger partial charge in [-0.1, -0.05) is 16.7 Å². The molecule has 0 aliphatic rings. The van der Waals surface area contributed by atoms with Crippen LogP contribution in [0.2, 0.25) is 0 Å². The first-order valence-electron chi connectivity index (χ1n) is 2.05. The number of azo groups is 1. The van der Waals surface area contributed by atoms with Gasteiger partial charge in [-0.25, -0.2) is 4.79 Å². The summed E-state index contributed by atoms with van der Waals surface area (Å²) in [5, 5.41) is 6.22. The van der Waals surface area contributed by atoms with Gasteiger partial charge in [0, 0.05) is 5.54 Å². The molecule has 0 rings (SSSR count). The van der Waals surface area contributed by atoms with Crippen LogP contribution in [-0.4, -0.2) is 13.2 Å². The molecule has 0 aromatic heterocycles. The third-order valence-corrected chi connectivity index (χ3v) is 0.550. The highest BCUT2D eigenvalue weighted by atomic mass is 35.5. The lowest BCUT2D eigenvalue weighted by atomic mass is 11.1. The first kappa shape index (κ1) is 8.10. The standard InChI is InChI=1S/C4H5ClN2O2/c1-9-4(8)7-6-3-2-5/h2-3H,1H3/b3-2+,7-6?. The van der Waals surface area contributed by atoms with Crippen LogP contribution in [0.5, 0.6) is 0 Å². The summed E-state index contributed by atoms with van der Waals surface area (Å²) < 4.78 is 4.12. The van der Waals surface area contributed by atoms with Gasteiger partial charge in [0.1, 0.15) is 0 Å². The summed E-state index contributed by atoms with van der Waals surface area (Å²) in [5.41, 5.74) is 1.13. The number of carbonyl (C=O) groups is 1. The van der Waals surface area contributed by atoms with E-state index in [9.17, 15) is 4.79 Å². The van der Waals surface area contributed by atoms with Crippen molar-refractivity contribution in [1.29, 1.82) is 0 Å². The molecule has 0 unspecified atom stereocenters. The van der Waals surface area contributed by atoms with E-state index >= 15 is 0 Å². The van der Waals surface area contributed by atoms with Crippen LogP contribution >= 0.6 is 11.6 Å². The molecular formula is C4H5ClN2O2. The second-order valence-corrected chi connectivity index (χ2v) is 1.21. The van der Waals surface area contributed by atoms with Crippen molar-refractivity contribution >= 4 is 17.7 Å². The van der Waals surface area contributed by atoms with Crippen LogP contribution in [0.1, 0.15) is 0 Å². The van der Waals surface area contributed by atoms with Crippen LogP contribution in [0.4, 0.5) is 4.79 Å². The van der Waals surface area contributed by atoms with Gasteiger partial charge < -0.3 is 4.74 Å². The quantitative estimate of drug-likeness (QED) is 0.534. The SMILES string of the molecule is COC(=O)N=N/C=C/Cl. The molecule has 0 aliphatic heterocycles. The van der Waals surface area contributed by atoms with Gasteiger partial charge in [0.25, 0.3) is 0 Å². The Morgan fingerprint density at radius 2 is 2.44 bits per heavy atom. The molecule has 0 atom stereocenters. The summed E-state index contributed by atoms with van der Waals surface area (Å²) in [6.45, 7) is 0. The van der Waals surface area contributed by atoms with Gasteiger partial charge in [-0.05, 0) is 0 Å². The Bertz CT molecular complexity index is 144. The first-order chi connectivity index (χ1) is 4.31. The van der Waals surface area contributed by atoms with Crippen LogP contribution in [0.3, 0.4) is 0 Å². The smallest absolute Gasteiger partial charge is 0.450 e. The highest BCUT2D eigenvalue weighted by Gasteiger charge is 1.89. The summed E-state index contributed by atoms with van der Waals surface area (Å²) in [4.78, 5) is 10.1. The molecule has 4 nitrogen and oxygen atoms in total. The van der Waals surface area contributed by atoms with E-state index in [1.807, 2.05) is 0 Å². The number of methoxy groups -OCH3 is 1. The molecule has 0 aliphatic carbocycles. The Morgan fingerprint density at radius 1 is 1.78 bits per heavy atom. The number of amides is 1. The molecule has 0 fully saturated rings. The average molecular weight is 149 g/mol. The molecule has 0 saturated heterocycles. The van der Waals surface area contributed by atoms with Crippen LogP contribution in [-0.2, 0) is 4.74 Å². The third-order valence-electron chi connectivity index (χ3n) is 0.437. The fourth-order valence-electron chi connectivity index (χ4n) is 0.146. The van der Waals surface area contributed by atoms with E-state index in [0.29, 0.717) is 0 Å². The van der Waals surface area contributed by atoms with Crippen molar-refractivity contribution in [3.8, 4) is 0 Å². The van der Waals surface area contributed by atoms with Crippen LogP contribution in [0.15, 0.2) is 22.0 Å². The molecule has 0 N–H and O–H groups in total. The number of nitrogens with zero attached hydrogens (tertiary/aromatic N) is 2. The third kappa shape index (κ3) is 4.96. The van der Waals surface area contributed by atoms with Gasteiger partial charge in [0.05, 0.1) is 13.3 Å². The van der Waals surface area contributed by atoms with E-state index in [1.54, 1.807) is 0 Å². The van der Waals surface area contributed by atoms with Crippen molar-refractivity contribution in [2.45, 2.75) is 0 Å². The lowest BCUT2D eigenvalue weighted by Gasteiger charge is -1.83. The maximum atomic E-state index is 10.1. The van der Waals surface area contributed by atoms with E-state index in [4.69, 9.17) is 11.6 Å². The topological polar surface area (TPSA) is 51.0 Å². The summed E-state index contributed by atoms with van der Waals surface area (Å²) in [6, 6.07) is 0. The lowest BCUT2D eigenvalue weighted by Crippen LogP contribution is -1.88. The minimum atomic E-state index is -0.746. The molecule has 0 aromatic carbocycles. The summed E-state index contributed by atoms with van der Waals surface area (Å²) in [7, 11) is 1.21. The minimum Gasteiger partial charge on any atom is -0.450 e. The van der Waals surface area contributed by atoms with Crippen molar-refractivity contribution in [2.75, 3.05) is 7.11 Å². The van der Waals surface area contributed by atoms with Crippen molar-refractivity contribution in [1.82, 2.24) is 0 Å². The Labute approximate surface area is 57.2 Å². The molecule has 0 spiro atoms. The van der Waals surface area contributed by atoms with Crippen LogP contribution in [0.25, 0.3) is 0 Å². The minimum absolute atomic E-state index is 0.746. The molecule has 50 valence electrons. The highest BCUT2D eigenvalue weighted by molar-refractivity contribution is 6.25. The largest absolute Gasteiger partial charge is 0.452 e. The number of carbonyl (C=O) groups excluding carboxylic acids is 1. The summed E-state index contributed by atoms with van der Waals surface area (Å²) in [5.74, 6) is 0. The number of hydrogen-bond acceptors (Lipinski definition) is 3. The van der Waals surface area contributed by atoms with Gasteiger partial charge in [-0.15, -0.1) is 0 Å². The molecular weight excluding hydrogens is 144 g/mol. The van der Waals surface area contributed by atoms with Crippen molar-refractivity contribution < 1.29 is 9.53 Å². The first-order valence-corrected chi connectivity index (χ1v) is 2.49. The molecule has 0 bridgehead atoms. The Kier molecular flexibility index (Phi) is 4.72. The summed E-state index contributed by atoms with van der Waals surface area (Å²) in [6.07, 6.45) is 0.420. The van der Waals surface area contributed by atoms with Gasteiger partial charge >= 0.3 is 6.09 Å². The molecule has 9 heavy (non-hydrogen) atoms. The van der Waals surface area contributed by atoms with E-state index < -0.39 is 6.09 Å². The predicted molar refractivity (Wildman–Crippen MR) is 32.3 cm³/mol. The second-order valence-electron chi connectivity index (χ2n) is 0.961. The van der Waals surface area contributed by atoms with Gasteiger partial charge in [0.15, 0.2) is 0 Å². The van der Waals surface area contributed by atoms with E-state index in [0.717, 1.165) is 5.54 Å². The zero-order valence-corrected chi connectivity index (χ0v) is 5.50. The zero-order valence-electron chi connectivity index (χ0n) is 4.74. The van der Waals surface area contributed by atoms with Crippen LogP contribution < -0.4 is 0 Å². The lowest BCUT2D eigenvalue weighted by molar-refractivity contribution is 0.180. The average Bonchev–Trinajstić information content (AvgIpc) is 1.89. The van der Waals surface area contributed by atoms with Gasteiger partial charge in [-0.3, -0.25) is 0 Å². The van der Waals surface area contributed by atoms with Gasteiger partial charge in [-0.2, -0.15) is 5.11 Å². The maximum absolute atomic E-state index is 10.1. The number of halogens is 1.